The van der Waals surface area contributed by atoms with Gasteiger partial charge in [-0.1, -0.05) is 0 Å². The van der Waals surface area contributed by atoms with E-state index in [1.807, 2.05) is 0 Å². The molecule has 0 aliphatic heterocycles. The Labute approximate surface area is 164 Å². The van der Waals surface area contributed by atoms with Crippen LogP contribution in [0.4, 0.5) is 0 Å². The standard InChI is InChI=1S/C20H30N4O2S/c1-12(2)24(13(3)4)11-10-21-17(25)9-8-16-22-19(26)18-14-6-5-7-15(14)27-20(18)23-16/h12-13H,5-11H2,1-4H3,(H,21,25)(H,22,23,26). The Morgan fingerprint density at radius 3 is 2.70 bits per heavy atom. The van der Waals surface area contributed by atoms with Crippen molar-refractivity contribution in [2.75, 3.05) is 13.1 Å². The highest BCUT2D eigenvalue weighted by Crippen LogP contribution is 2.34. The maximum Gasteiger partial charge on any atom is 0.259 e. The molecule has 0 bridgehead atoms. The van der Waals surface area contributed by atoms with Crippen LogP contribution in [0.1, 0.15) is 56.8 Å². The van der Waals surface area contributed by atoms with E-state index in [0.29, 0.717) is 37.3 Å². The van der Waals surface area contributed by atoms with Gasteiger partial charge in [-0.15, -0.1) is 11.3 Å². The number of rotatable bonds is 8. The number of nitrogens with one attached hydrogen (secondary N) is 2. The van der Waals surface area contributed by atoms with E-state index in [1.165, 1.54) is 10.4 Å². The Morgan fingerprint density at radius 2 is 2.00 bits per heavy atom. The van der Waals surface area contributed by atoms with E-state index in [0.717, 1.165) is 36.0 Å². The molecule has 0 aromatic carbocycles. The smallest absolute Gasteiger partial charge is 0.259 e. The fourth-order valence-corrected chi connectivity index (χ4v) is 5.20. The van der Waals surface area contributed by atoms with E-state index in [1.54, 1.807) is 11.3 Å². The number of aromatic nitrogens is 2. The minimum atomic E-state index is -0.0562. The molecule has 2 N–H and O–H groups in total. The highest BCUT2D eigenvalue weighted by Gasteiger charge is 2.21. The highest BCUT2D eigenvalue weighted by atomic mass is 32.1. The summed E-state index contributed by atoms with van der Waals surface area (Å²) in [5.41, 5.74) is 1.13. The van der Waals surface area contributed by atoms with Crippen molar-refractivity contribution in [3.8, 4) is 0 Å². The van der Waals surface area contributed by atoms with E-state index in [2.05, 4.69) is 47.9 Å². The predicted octanol–water partition coefficient (Wildman–Crippen LogP) is 2.64. The zero-order valence-electron chi connectivity index (χ0n) is 16.7. The van der Waals surface area contributed by atoms with Gasteiger partial charge in [0.25, 0.3) is 5.56 Å². The first-order valence-corrected chi connectivity index (χ1v) is 10.7. The van der Waals surface area contributed by atoms with Crippen molar-refractivity contribution in [3.63, 3.8) is 0 Å². The van der Waals surface area contributed by atoms with Crippen molar-refractivity contribution in [1.82, 2.24) is 20.2 Å². The van der Waals surface area contributed by atoms with E-state index in [-0.39, 0.29) is 11.5 Å². The number of hydrogen-bond donors (Lipinski definition) is 2. The zero-order valence-corrected chi connectivity index (χ0v) is 17.5. The van der Waals surface area contributed by atoms with Gasteiger partial charge in [-0.2, -0.15) is 0 Å². The van der Waals surface area contributed by atoms with Crippen LogP contribution in [0.5, 0.6) is 0 Å². The Hall–Kier alpha value is -1.73. The summed E-state index contributed by atoms with van der Waals surface area (Å²) in [6, 6.07) is 0.908. The Kier molecular flexibility index (Phi) is 6.32. The highest BCUT2D eigenvalue weighted by molar-refractivity contribution is 7.18. The zero-order chi connectivity index (χ0) is 19.6. The summed E-state index contributed by atoms with van der Waals surface area (Å²) in [6.45, 7) is 10.1. The summed E-state index contributed by atoms with van der Waals surface area (Å²) in [6.07, 6.45) is 3.95. The van der Waals surface area contributed by atoms with Crippen LogP contribution < -0.4 is 10.9 Å². The SMILES string of the molecule is CC(C)N(CCNC(=O)CCc1nc2sc3c(c2c(=O)[nH]1)CCC3)C(C)C. The van der Waals surface area contributed by atoms with Crippen molar-refractivity contribution >= 4 is 27.5 Å². The molecule has 0 saturated heterocycles. The van der Waals surface area contributed by atoms with Gasteiger partial charge in [0.2, 0.25) is 5.91 Å². The van der Waals surface area contributed by atoms with Gasteiger partial charge in [-0.05, 0) is 52.5 Å². The summed E-state index contributed by atoms with van der Waals surface area (Å²) in [5.74, 6) is 0.604. The van der Waals surface area contributed by atoms with E-state index in [4.69, 9.17) is 0 Å². The fourth-order valence-electron chi connectivity index (χ4n) is 3.92. The van der Waals surface area contributed by atoms with E-state index >= 15 is 0 Å². The van der Waals surface area contributed by atoms with Crippen molar-refractivity contribution in [2.45, 2.75) is 71.9 Å². The molecule has 1 aliphatic rings. The quantitative estimate of drug-likeness (QED) is 0.726. The van der Waals surface area contributed by atoms with Crippen LogP contribution in [0, 0.1) is 0 Å². The van der Waals surface area contributed by atoms with Crippen molar-refractivity contribution < 1.29 is 4.79 Å². The van der Waals surface area contributed by atoms with Crippen LogP contribution in [0.2, 0.25) is 0 Å². The van der Waals surface area contributed by atoms with Crippen LogP contribution in [-0.4, -0.2) is 45.9 Å². The Bertz CT molecular complexity index is 861. The molecule has 148 valence electrons. The second kappa shape index (κ2) is 8.52. The molecular weight excluding hydrogens is 360 g/mol. The Morgan fingerprint density at radius 1 is 1.26 bits per heavy atom. The second-order valence-corrected chi connectivity index (χ2v) is 8.91. The molecule has 27 heavy (non-hydrogen) atoms. The van der Waals surface area contributed by atoms with Gasteiger partial charge in [0.1, 0.15) is 10.7 Å². The molecule has 6 nitrogen and oxygen atoms in total. The number of aromatic amines is 1. The molecule has 0 spiro atoms. The largest absolute Gasteiger partial charge is 0.355 e. The number of thiophene rings is 1. The molecule has 7 heteroatoms. The molecule has 0 fully saturated rings. The van der Waals surface area contributed by atoms with Crippen LogP contribution in [-0.2, 0) is 24.1 Å². The number of nitrogens with zero attached hydrogens (tertiary/aromatic N) is 2. The maximum absolute atomic E-state index is 12.4. The van der Waals surface area contributed by atoms with Crippen LogP contribution in [0.15, 0.2) is 4.79 Å². The van der Waals surface area contributed by atoms with Crippen LogP contribution in [0.3, 0.4) is 0 Å². The van der Waals surface area contributed by atoms with Gasteiger partial charge >= 0.3 is 0 Å². The first kappa shape index (κ1) is 20.0. The number of fused-ring (bicyclic) bond motifs is 3. The van der Waals surface area contributed by atoms with E-state index in [9.17, 15) is 9.59 Å². The number of H-pyrrole nitrogens is 1. The van der Waals surface area contributed by atoms with Gasteiger partial charge in [-0.25, -0.2) is 4.98 Å². The lowest BCUT2D eigenvalue weighted by Gasteiger charge is -2.30. The lowest BCUT2D eigenvalue weighted by molar-refractivity contribution is -0.121. The van der Waals surface area contributed by atoms with Crippen molar-refractivity contribution in [3.05, 3.63) is 26.6 Å². The minimum Gasteiger partial charge on any atom is -0.355 e. The average Bonchev–Trinajstić information content (AvgIpc) is 3.16. The van der Waals surface area contributed by atoms with Crippen LogP contribution >= 0.6 is 11.3 Å². The average molecular weight is 391 g/mol. The molecule has 3 rings (SSSR count). The molecule has 1 aliphatic carbocycles. The molecule has 0 unspecified atom stereocenters. The molecular formula is C20H30N4O2S. The number of carbonyl (C=O) groups excluding carboxylic acids is 1. The van der Waals surface area contributed by atoms with Gasteiger partial charge in [0, 0.05) is 42.9 Å². The third kappa shape index (κ3) is 4.58. The summed E-state index contributed by atoms with van der Waals surface area (Å²) < 4.78 is 0. The second-order valence-electron chi connectivity index (χ2n) is 7.83. The third-order valence-electron chi connectivity index (χ3n) is 5.23. The number of hydrogen-bond acceptors (Lipinski definition) is 5. The topological polar surface area (TPSA) is 78.1 Å². The van der Waals surface area contributed by atoms with Crippen molar-refractivity contribution in [2.24, 2.45) is 0 Å². The number of carbonyl (C=O) groups is 1. The number of aryl methyl sites for hydroxylation is 3. The van der Waals surface area contributed by atoms with E-state index < -0.39 is 0 Å². The van der Waals surface area contributed by atoms with Gasteiger partial charge in [0.15, 0.2) is 0 Å². The molecule has 2 aromatic heterocycles. The minimum absolute atomic E-state index is 0.00104. The normalized spacial score (nSPS) is 13.9. The molecule has 2 aromatic rings. The third-order valence-corrected chi connectivity index (χ3v) is 6.42. The maximum atomic E-state index is 12.4. The molecule has 0 atom stereocenters. The first-order valence-electron chi connectivity index (χ1n) is 9.92. The summed E-state index contributed by atoms with van der Waals surface area (Å²) in [7, 11) is 0. The monoisotopic (exact) mass is 390 g/mol. The molecule has 2 heterocycles. The van der Waals surface area contributed by atoms with Gasteiger partial charge in [-0.3, -0.25) is 14.5 Å². The van der Waals surface area contributed by atoms with Gasteiger partial charge < -0.3 is 10.3 Å². The lowest BCUT2D eigenvalue weighted by atomic mass is 10.2. The lowest BCUT2D eigenvalue weighted by Crippen LogP contribution is -2.42. The summed E-state index contributed by atoms with van der Waals surface area (Å²) in [5, 5.41) is 3.75. The molecule has 0 radical (unpaired) electrons. The predicted molar refractivity (Wildman–Crippen MR) is 111 cm³/mol. The summed E-state index contributed by atoms with van der Waals surface area (Å²) in [4.78, 5) is 36.6. The number of amides is 1. The van der Waals surface area contributed by atoms with Crippen LogP contribution in [0.25, 0.3) is 10.2 Å². The summed E-state index contributed by atoms with van der Waals surface area (Å²) >= 11 is 1.63. The fraction of sp³-hybridized carbons (Fsp3) is 0.650. The van der Waals surface area contributed by atoms with Gasteiger partial charge in [0.05, 0.1) is 5.39 Å². The Balaban J connectivity index is 1.54. The molecule has 0 saturated carbocycles. The molecule has 1 amide bonds. The first-order chi connectivity index (χ1) is 12.9. The van der Waals surface area contributed by atoms with Crippen molar-refractivity contribution in [1.29, 1.82) is 0 Å².